The third-order valence-corrected chi connectivity index (χ3v) is 4.21. The van der Waals surface area contributed by atoms with Crippen LogP contribution in [0.4, 0.5) is 10.8 Å². The number of nitrogens with one attached hydrogen (secondary N) is 1. The van der Waals surface area contributed by atoms with Crippen LogP contribution in [0.25, 0.3) is 11.3 Å². The first-order chi connectivity index (χ1) is 11.5. The van der Waals surface area contributed by atoms with E-state index < -0.39 is 5.91 Å². The highest BCUT2D eigenvalue weighted by atomic mass is 32.1. The van der Waals surface area contributed by atoms with Crippen LogP contribution in [-0.4, -0.2) is 16.8 Å². The van der Waals surface area contributed by atoms with E-state index in [4.69, 9.17) is 11.5 Å². The van der Waals surface area contributed by atoms with Crippen molar-refractivity contribution in [2.75, 3.05) is 11.1 Å². The van der Waals surface area contributed by atoms with E-state index >= 15 is 0 Å². The first-order valence-electron chi connectivity index (χ1n) is 7.07. The van der Waals surface area contributed by atoms with Crippen molar-refractivity contribution in [1.82, 2.24) is 4.98 Å². The largest absolute Gasteiger partial charge is 0.375 e. The van der Waals surface area contributed by atoms with E-state index in [1.165, 1.54) is 0 Å². The Morgan fingerprint density at radius 3 is 2.29 bits per heavy atom. The van der Waals surface area contributed by atoms with Crippen LogP contribution in [0.3, 0.4) is 0 Å². The molecule has 7 heteroatoms. The minimum atomic E-state index is -0.519. The molecular weight excluding hydrogens is 324 g/mol. The van der Waals surface area contributed by atoms with Crippen LogP contribution in [0.1, 0.15) is 20.0 Å². The van der Waals surface area contributed by atoms with Gasteiger partial charge in [-0.1, -0.05) is 41.7 Å². The van der Waals surface area contributed by atoms with Crippen LogP contribution in [0.2, 0.25) is 0 Å². The minimum Gasteiger partial charge on any atom is -0.375 e. The number of anilines is 2. The molecule has 0 radical (unpaired) electrons. The number of hydrogen-bond donors (Lipinski definition) is 3. The molecule has 1 aromatic heterocycles. The smallest absolute Gasteiger partial charge is 0.268 e. The molecule has 0 fully saturated rings. The number of primary amides is 1. The molecular formula is C17H14N4O2S. The number of aromatic nitrogens is 1. The zero-order chi connectivity index (χ0) is 17.1. The Labute approximate surface area is 142 Å². The number of amides is 2. The Kier molecular flexibility index (Phi) is 4.26. The topological polar surface area (TPSA) is 111 Å². The number of hydrogen-bond acceptors (Lipinski definition) is 5. The maximum absolute atomic E-state index is 12.6. The molecule has 0 saturated carbocycles. The normalized spacial score (nSPS) is 10.3. The van der Waals surface area contributed by atoms with Gasteiger partial charge in [0.15, 0.2) is 5.13 Å². The van der Waals surface area contributed by atoms with Gasteiger partial charge in [0, 0.05) is 16.8 Å². The maximum Gasteiger partial charge on any atom is 0.268 e. The van der Waals surface area contributed by atoms with Gasteiger partial charge in [0.1, 0.15) is 4.88 Å². The predicted octanol–water partition coefficient (Wildman–Crippen LogP) is 2.74. The monoisotopic (exact) mass is 338 g/mol. The number of nitrogens with zero attached hydrogens (tertiary/aromatic N) is 1. The molecule has 0 spiro atoms. The number of carbonyl (C=O) groups is 2. The van der Waals surface area contributed by atoms with Crippen molar-refractivity contribution in [3.8, 4) is 11.3 Å². The average molecular weight is 338 g/mol. The van der Waals surface area contributed by atoms with Crippen LogP contribution in [-0.2, 0) is 0 Å². The molecule has 2 aromatic carbocycles. The highest BCUT2D eigenvalue weighted by Crippen LogP contribution is 2.30. The summed E-state index contributed by atoms with van der Waals surface area (Å²) in [4.78, 5) is 28.3. The molecule has 2 amide bonds. The molecule has 0 bridgehead atoms. The highest BCUT2D eigenvalue weighted by Gasteiger charge is 2.18. The zero-order valence-corrected chi connectivity index (χ0v) is 13.3. The van der Waals surface area contributed by atoms with Crippen LogP contribution in [0.5, 0.6) is 0 Å². The van der Waals surface area contributed by atoms with Gasteiger partial charge in [-0.2, -0.15) is 0 Å². The molecule has 0 unspecified atom stereocenters. The lowest BCUT2D eigenvalue weighted by molar-refractivity contribution is 0.0998. The molecule has 0 aliphatic heterocycles. The Hall–Kier alpha value is -3.19. The minimum absolute atomic E-state index is 0.310. The van der Waals surface area contributed by atoms with Gasteiger partial charge < -0.3 is 16.8 Å². The van der Waals surface area contributed by atoms with Crippen molar-refractivity contribution in [2.24, 2.45) is 5.73 Å². The number of thiazole rings is 1. The fourth-order valence-electron chi connectivity index (χ4n) is 2.19. The lowest BCUT2D eigenvalue weighted by atomic mass is 10.1. The highest BCUT2D eigenvalue weighted by molar-refractivity contribution is 7.17. The summed E-state index contributed by atoms with van der Waals surface area (Å²) in [6, 6.07) is 15.7. The second-order valence-corrected chi connectivity index (χ2v) is 6.02. The summed E-state index contributed by atoms with van der Waals surface area (Å²) >= 11 is 1.13. The number of nitrogens with two attached hydrogens (primary N) is 2. The molecule has 6 nitrogen and oxygen atoms in total. The number of benzene rings is 2. The van der Waals surface area contributed by atoms with Gasteiger partial charge in [-0.05, 0) is 24.3 Å². The van der Waals surface area contributed by atoms with E-state index in [0.29, 0.717) is 27.0 Å². The van der Waals surface area contributed by atoms with E-state index in [-0.39, 0.29) is 5.91 Å². The van der Waals surface area contributed by atoms with E-state index in [2.05, 4.69) is 10.3 Å². The van der Waals surface area contributed by atoms with E-state index in [9.17, 15) is 9.59 Å². The van der Waals surface area contributed by atoms with Gasteiger partial charge in [0.2, 0.25) is 5.91 Å². The summed E-state index contributed by atoms with van der Waals surface area (Å²) in [6.45, 7) is 0. The van der Waals surface area contributed by atoms with Crippen LogP contribution in [0.15, 0.2) is 54.6 Å². The average Bonchev–Trinajstić information content (AvgIpc) is 2.98. The van der Waals surface area contributed by atoms with Gasteiger partial charge >= 0.3 is 0 Å². The Morgan fingerprint density at radius 1 is 1.00 bits per heavy atom. The summed E-state index contributed by atoms with van der Waals surface area (Å²) in [5.41, 5.74) is 13.3. The number of rotatable bonds is 4. The Bertz CT molecular complexity index is 889. The lowest BCUT2D eigenvalue weighted by Crippen LogP contribution is -2.13. The third kappa shape index (κ3) is 3.26. The van der Waals surface area contributed by atoms with Gasteiger partial charge in [-0.25, -0.2) is 4.98 Å². The SMILES string of the molecule is NC(=O)c1ccc(NC(=O)c2sc(N)nc2-c2ccccc2)cc1. The van der Waals surface area contributed by atoms with E-state index in [1.807, 2.05) is 30.3 Å². The maximum atomic E-state index is 12.6. The Morgan fingerprint density at radius 2 is 1.67 bits per heavy atom. The van der Waals surface area contributed by atoms with Gasteiger partial charge in [0.25, 0.3) is 5.91 Å². The van der Waals surface area contributed by atoms with Crippen molar-refractivity contribution in [1.29, 1.82) is 0 Å². The van der Waals surface area contributed by atoms with E-state index in [0.717, 1.165) is 16.9 Å². The number of nitrogen functional groups attached to an aromatic ring is 1. The molecule has 1 heterocycles. The molecule has 24 heavy (non-hydrogen) atoms. The second kappa shape index (κ2) is 6.51. The standard InChI is InChI=1S/C17H14N4O2S/c18-15(22)11-6-8-12(9-7-11)20-16(23)14-13(21-17(19)24-14)10-4-2-1-3-5-10/h1-9H,(H2,18,22)(H2,19,21)(H,20,23). The van der Waals surface area contributed by atoms with Crippen molar-refractivity contribution >= 4 is 34.0 Å². The first kappa shape index (κ1) is 15.7. The van der Waals surface area contributed by atoms with Crippen molar-refractivity contribution < 1.29 is 9.59 Å². The van der Waals surface area contributed by atoms with Crippen LogP contribution in [0, 0.1) is 0 Å². The van der Waals surface area contributed by atoms with Gasteiger partial charge in [-0.15, -0.1) is 0 Å². The molecule has 3 aromatic rings. The molecule has 0 aliphatic carbocycles. The molecule has 0 aliphatic rings. The molecule has 120 valence electrons. The zero-order valence-electron chi connectivity index (χ0n) is 12.5. The Balaban J connectivity index is 1.87. The molecule has 3 rings (SSSR count). The van der Waals surface area contributed by atoms with Crippen LogP contribution < -0.4 is 16.8 Å². The summed E-state index contributed by atoms with van der Waals surface area (Å²) < 4.78 is 0. The first-order valence-corrected chi connectivity index (χ1v) is 7.89. The molecule has 0 atom stereocenters. The van der Waals surface area contributed by atoms with Crippen molar-refractivity contribution in [3.05, 3.63) is 65.0 Å². The molecule has 5 N–H and O–H groups in total. The summed E-state index contributed by atoms with van der Waals surface area (Å²) in [6.07, 6.45) is 0. The summed E-state index contributed by atoms with van der Waals surface area (Å²) in [5, 5.41) is 3.09. The van der Waals surface area contributed by atoms with E-state index in [1.54, 1.807) is 24.3 Å². The van der Waals surface area contributed by atoms with Gasteiger partial charge in [-0.3, -0.25) is 9.59 Å². The summed E-state index contributed by atoms with van der Waals surface area (Å²) in [7, 11) is 0. The fraction of sp³-hybridized carbons (Fsp3) is 0. The lowest BCUT2D eigenvalue weighted by Gasteiger charge is -2.06. The van der Waals surface area contributed by atoms with Gasteiger partial charge in [0.05, 0.1) is 5.69 Å². The fourth-order valence-corrected chi connectivity index (χ4v) is 2.94. The predicted molar refractivity (Wildman–Crippen MR) is 94.9 cm³/mol. The third-order valence-electron chi connectivity index (χ3n) is 3.32. The quantitative estimate of drug-likeness (QED) is 0.679. The number of carbonyl (C=O) groups excluding carboxylic acids is 2. The summed E-state index contributed by atoms with van der Waals surface area (Å²) in [5.74, 6) is -0.829. The van der Waals surface area contributed by atoms with Crippen LogP contribution >= 0.6 is 11.3 Å². The second-order valence-electron chi connectivity index (χ2n) is 4.99. The van der Waals surface area contributed by atoms with Crippen molar-refractivity contribution in [3.63, 3.8) is 0 Å². The molecule has 0 saturated heterocycles. The van der Waals surface area contributed by atoms with Crippen molar-refractivity contribution in [2.45, 2.75) is 0 Å².